The van der Waals surface area contributed by atoms with Gasteiger partial charge < -0.3 is 14.8 Å². The Hall–Kier alpha value is -1.75. The van der Waals surface area contributed by atoms with Gasteiger partial charge in [0, 0.05) is 6.61 Å². The quantitative estimate of drug-likeness (QED) is 0.617. The van der Waals surface area contributed by atoms with Crippen molar-refractivity contribution in [3.8, 4) is 5.75 Å². The minimum absolute atomic E-state index is 0.0821. The van der Waals surface area contributed by atoms with Crippen molar-refractivity contribution in [2.24, 2.45) is 0 Å². The molecule has 0 bridgehead atoms. The molecule has 0 spiro atoms. The number of carbonyl (C=O) groups is 1. The molecule has 0 saturated carbocycles. The lowest BCUT2D eigenvalue weighted by molar-refractivity contribution is 0.0219. The number of para-hydroxylation sites is 1. The molecule has 4 nitrogen and oxygen atoms in total. The van der Waals surface area contributed by atoms with E-state index in [0.717, 1.165) is 0 Å². The lowest BCUT2D eigenvalue weighted by Gasteiger charge is -2.12. The summed E-state index contributed by atoms with van der Waals surface area (Å²) in [6.45, 7) is 2.48. The van der Waals surface area contributed by atoms with Crippen LogP contribution in [0.3, 0.4) is 0 Å². The Bertz CT molecular complexity index is 662. The number of halogens is 2. The summed E-state index contributed by atoms with van der Waals surface area (Å²) in [5, 5.41) is 3.39. The second kappa shape index (κ2) is 8.03. The number of amides is 1. The Morgan fingerprint density at radius 2 is 1.91 bits per heavy atom. The average Bonchev–Trinajstić information content (AvgIpc) is 2.52. The fourth-order valence-electron chi connectivity index (χ4n) is 1.76. The van der Waals surface area contributed by atoms with Crippen LogP contribution in [-0.4, -0.2) is 19.3 Å². The fourth-order valence-corrected chi connectivity index (χ4v) is 2.11. The second-order valence-corrected chi connectivity index (χ2v) is 5.09. The molecule has 2 rings (SSSR count). The molecule has 0 aromatic heterocycles. The van der Waals surface area contributed by atoms with E-state index in [1.807, 2.05) is 6.92 Å². The van der Waals surface area contributed by atoms with E-state index in [1.165, 1.54) is 0 Å². The van der Waals surface area contributed by atoms with Gasteiger partial charge in [-0.25, -0.2) is 0 Å². The highest BCUT2D eigenvalue weighted by molar-refractivity contribution is 6.44. The van der Waals surface area contributed by atoms with Crippen molar-refractivity contribution in [1.29, 1.82) is 0 Å². The minimum atomic E-state index is -0.337. The summed E-state index contributed by atoms with van der Waals surface area (Å²) < 4.78 is 10.6. The summed E-state index contributed by atoms with van der Waals surface area (Å²) in [5.74, 6) is 0.0999. The van der Waals surface area contributed by atoms with Crippen molar-refractivity contribution in [2.45, 2.75) is 6.92 Å². The van der Waals surface area contributed by atoms with Crippen molar-refractivity contribution in [2.75, 3.05) is 18.7 Å². The fraction of sp³-hybridized carbons (Fsp3) is 0.188. The Morgan fingerprint density at radius 3 is 2.68 bits per heavy atom. The summed E-state index contributed by atoms with van der Waals surface area (Å²) in [6.07, 6.45) is 0. The van der Waals surface area contributed by atoms with Gasteiger partial charge in [-0.15, -0.1) is 0 Å². The van der Waals surface area contributed by atoms with E-state index in [2.05, 4.69) is 5.32 Å². The van der Waals surface area contributed by atoms with E-state index >= 15 is 0 Å². The summed E-state index contributed by atoms with van der Waals surface area (Å²) >= 11 is 12.0. The number of benzene rings is 2. The Kier molecular flexibility index (Phi) is 6.07. The molecule has 0 aliphatic rings. The minimum Gasteiger partial charge on any atom is -0.467 e. The Labute approximate surface area is 138 Å². The number of rotatable bonds is 6. The molecule has 2 aromatic rings. The van der Waals surface area contributed by atoms with Crippen LogP contribution in [0.15, 0.2) is 42.5 Å². The molecule has 0 fully saturated rings. The molecular formula is C16H15Cl2NO3. The Balaban J connectivity index is 2.17. The van der Waals surface area contributed by atoms with Crippen LogP contribution >= 0.6 is 23.2 Å². The Morgan fingerprint density at radius 1 is 1.14 bits per heavy atom. The molecule has 22 heavy (non-hydrogen) atoms. The van der Waals surface area contributed by atoms with Crippen LogP contribution in [0.4, 0.5) is 5.69 Å². The predicted molar refractivity (Wildman–Crippen MR) is 88.0 cm³/mol. The first-order chi connectivity index (χ1) is 10.6. The van der Waals surface area contributed by atoms with Crippen LogP contribution in [0.5, 0.6) is 5.75 Å². The van der Waals surface area contributed by atoms with Crippen LogP contribution in [0, 0.1) is 0 Å². The van der Waals surface area contributed by atoms with E-state index in [0.29, 0.717) is 33.7 Å². The molecule has 116 valence electrons. The first-order valence-corrected chi connectivity index (χ1v) is 7.44. The van der Waals surface area contributed by atoms with E-state index in [4.69, 9.17) is 32.7 Å². The molecule has 0 aliphatic heterocycles. The normalized spacial score (nSPS) is 10.3. The van der Waals surface area contributed by atoms with Crippen molar-refractivity contribution in [3.63, 3.8) is 0 Å². The van der Waals surface area contributed by atoms with Crippen LogP contribution in [-0.2, 0) is 4.74 Å². The van der Waals surface area contributed by atoms with Crippen molar-refractivity contribution >= 4 is 34.8 Å². The molecule has 0 unspecified atom stereocenters. The standard InChI is InChI=1S/C16H15Cl2NO3/c1-2-21-10-22-14-9-4-3-6-11(14)16(20)19-13-8-5-7-12(17)15(13)18/h3-9H,2,10H2,1H3,(H,19,20). The smallest absolute Gasteiger partial charge is 0.259 e. The molecule has 0 aliphatic carbocycles. The van der Waals surface area contributed by atoms with E-state index < -0.39 is 0 Å². The first kappa shape index (κ1) is 16.6. The molecule has 0 radical (unpaired) electrons. The van der Waals surface area contributed by atoms with E-state index in [-0.39, 0.29) is 12.7 Å². The number of hydrogen-bond acceptors (Lipinski definition) is 3. The number of nitrogens with one attached hydrogen (secondary N) is 1. The zero-order valence-electron chi connectivity index (χ0n) is 11.9. The molecule has 0 atom stereocenters. The number of anilines is 1. The van der Waals surface area contributed by atoms with Gasteiger partial charge in [0.05, 0.1) is 21.3 Å². The van der Waals surface area contributed by atoms with Crippen molar-refractivity contribution in [1.82, 2.24) is 0 Å². The summed E-state index contributed by atoms with van der Waals surface area (Å²) in [4.78, 5) is 12.4. The highest BCUT2D eigenvalue weighted by Crippen LogP contribution is 2.30. The maximum atomic E-state index is 12.4. The van der Waals surface area contributed by atoms with Crippen molar-refractivity contribution < 1.29 is 14.3 Å². The molecular weight excluding hydrogens is 325 g/mol. The number of carbonyl (C=O) groups excluding carboxylic acids is 1. The maximum absolute atomic E-state index is 12.4. The van der Waals surface area contributed by atoms with Gasteiger partial charge in [-0.2, -0.15) is 0 Å². The van der Waals surface area contributed by atoms with Crippen LogP contribution in [0.2, 0.25) is 10.0 Å². The van der Waals surface area contributed by atoms with Crippen molar-refractivity contribution in [3.05, 3.63) is 58.1 Å². The van der Waals surface area contributed by atoms with Gasteiger partial charge >= 0.3 is 0 Å². The lowest BCUT2D eigenvalue weighted by Crippen LogP contribution is -2.14. The van der Waals surface area contributed by atoms with Crippen LogP contribution < -0.4 is 10.1 Å². The zero-order chi connectivity index (χ0) is 15.9. The molecule has 2 aromatic carbocycles. The third-order valence-corrected chi connectivity index (χ3v) is 3.65. The monoisotopic (exact) mass is 339 g/mol. The van der Waals surface area contributed by atoms with Gasteiger partial charge in [0.1, 0.15) is 5.75 Å². The number of hydrogen-bond donors (Lipinski definition) is 1. The van der Waals surface area contributed by atoms with Gasteiger partial charge in [0.2, 0.25) is 0 Å². The first-order valence-electron chi connectivity index (χ1n) is 6.68. The molecule has 1 amide bonds. The van der Waals surface area contributed by atoms with E-state index in [9.17, 15) is 4.79 Å². The highest BCUT2D eigenvalue weighted by Gasteiger charge is 2.14. The van der Waals surface area contributed by atoms with Gasteiger partial charge in [-0.05, 0) is 31.2 Å². The van der Waals surface area contributed by atoms with Gasteiger partial charge in [-0.3, -0.25) is 4.79 Å². The third-order valence-electron chi connectivity index (χ3n) is 2.83. The highest BCUT2D eigenvalue weighted by atomic mass is 35.5. The summed E-state index contributed by atoms with van der Waals surface area (Å²) in [7, 11) is 0. The SMILES string of the molecule is CCOCOc1ccccc1C(=O)Nc1cccc(Cl)c1Cl. The van der Waals surface area contributed by atoms with Gasteiger partial charge in [0.25, 0.3) is 5.91 Å². The zero-order valence-corrected chi connectivity index (χ0v) is 13.4. The van der Waals surface area contributed by atoms with Crippen LogP contribution in [0.25, 0.3) is 0 Å². The molecule has 6 heteroatoms. The third kappa shape index (κ3) is 4.13. The topological polar surface area (TPSA) is 47.6 Å². The predicted octanol–water partition coefficient (Wildman–Crippen LogP) is 4.62. The lowest BCUT2D eigenvalue weighted by atomic mass is 10.2. The second-order valence-electron chi connectivity index (χ2n) is 4.31. The van der Waals surface area contributed by atoms with Crippen LogP contribution in [0.1, 0.15) is 17.3 Å². The van der Waals surface area contributed by atoms with Gasteiger partial charge in [-0.1, -0.05) is 41.4 Å². The largest absolute Gasteiger partial charge is 0.467 e. The van der Waals surface area contributed by atoms with E-state index in [1.54, 1.807) is 42.5 Å². The van der Waals surface area contributed by atoms with Gasteiger partial charge in [0.15, 0.2) is 6.79 Å². The summed E-state index contributed by atoms with van der Waals surface area (Å²) in [6, 6.07) is 11.9. The number of ether oxygens (including phenoxy) is 2. The average molecular weight is 340 g/mol. The molecule has 0 saturated heterocycles. The maximum Gasteiger partial charge on any atom is 0.259 e. The summed E-state index contributed by atoms with van der Waals surface area (Å²) in [5.41, 5.74) is 0.831. The molecule has 1 N–H and O–H groups in total. The molecule has 0 heterocycles.